The zero-order valence-corrected chi connectivity index (χ0v) is 15.1. The summed E-state index contributed by atoms with van der Waals surface area (Å²) in [5.74, 6) is 0.715. The number of anilines is 1. The minimum atomic E-state index is -0.366. The summed E-state index contributed by atoms with van der Waals surface area (Å²) in [4.78, 5) is 32.3. The van der Waals surface area contributed by atoms with E-state index in [1.807, 2.05) is 17.7 Å². The normalized spacial score (nSPS) is 10.7. The van der Waals surface area contributed by atoms with E-state index in [1.54, 1.807) is 23.7 Å². The van der Waals surface area contributed by atoms with Gasteiger partial charge in [0.25, 0.3) is 5.91 Å². The number of furan rings is 1. The van der Waals surface area contributed by atoms with Crippen molar-refractivity contribution in [3.8, 4) is 0 Å². The first-order chi connectivity index (χ1) is 12.6. The highest BCUT2D eigenvalue weighted by molar-refractivity contribution is 7.14. The summed E-state index contributed by atoms with van der Waals surface area (Å²) in [7, 11) is 0. The molecule has 0 aromatic carbocycles. The molecule has 136 valence electrons. The highest BCUT2D eigenvalue weighted by Gasteiger charge is 2.12. The lowest BCUT2D eigenvalue weighted by atomic mass is 10.3. The van der Waals surface area contributed by atoms with Crippen LogP contribution in [0, 0.1) is 6.92 Å². The quantitative estimate of drug-likeness (QED) is 0.590. The summed E-state index contributed by atoms with van der Waals surface area (Å²) >= 11 is 1.27. The van der Waals surface area contributed by atoms with E-state index in [1.165, 1.54) is 17.6 Å². The largest absolute Gasteiger partial charge is 0.459 e. The molecule has 3 heterocycles. The number of nitrogens with one attached hydrogen (secondary N) is 2. The van der Waals surface area contributed by atoms with Crippen molar-refractivity contribution in [2.45, 2.75) is 26.3 Å². The molecule has 0 aliphatic carbocycles. The number of carbonyl (C=O) groups is 2. The number of carbonyl (C=O) groups excluding carboxylic acids is 2. The van der Waals surface area contributed by atoms with Gasteiger partial charge < -0.3 is 14.3 Å². The summed E-state index contributed by atoms with van der Waals surface area (Å²) in [5, 5.41) is 7.71. The molecule has 0 spiro atoms. The Kier molecular flexibility index (Phi) is 5.80. The Labute approximate surface area is 154 Å². The van der Waals surface area contributed by atoms with E-state index >= 15 is 0 Å². The topological polar surface area (TPSA) is 102 Å². The van der Waals surface area contributed by atoms with Gasteiger partial charge in [-0.15, -0.1) is 11.3 Å². The van der Waals surface area contributed by atoms with E-state index in [0.717, 1.165) is 18.8 Å². The van der Waals surface area contributed by atoms with Gasteiger partial charge in [0.1, 0.15) is 5.82 Å². The Morgan fingerprint density at radius 3 is 3.00 bits per heavy atom. The van der Waals surface area contributed by atoms with Crippen LogP contribution in [0.3, 0.4) is 0 Å². The lowest BCUT2D eigenvalue weighted by molar-refractivity contribution is -0.120. The Morgan fingerprint density at radius 1 is 1.38 bits per heavy atom. The molecular weight excluding hydrogens is 354 g/mol. The van der Waals surface area contributed by atoms with Gasteiger partial charge in [-0.05, 0) is 25.5 Å². The molecule has 9 heteroatoms. The van der Waals surface area contributed by atoms with Crippen molar-refractivity contribution < 1.29 is 14.0 Å². The maximum Gasteiger partial charge on any atom is 0.293 e. The van der Waals surface area contributed by atoms with Crippen molar-refractivity contribution in [1.29, 1.82) is 0 Å². The van der Waals surface area contributed by atoms with Crippen molar-refractivity contribution in [2.75, 3.05) is 11.9 Å². The predicted molar refractivity (Wildman–Crippen MR) is 97.1 cm³/mol. The van der Waals surface area contributed by atoms with Crippen molar-refractivity contribution in [3.05, 3.63) is 53.4 Å². The fraction of sp³-hybridized carbons (Fsp3) is 0.294. The fourth-order valence-electron chi connectivity index (χ4n) is 2.36. The number of nitrogens with zero attached hydrogens (tertiary/aromatic N) is 3. The molecule has 3 rings (SSSR count). The third kappa shape index (κ3) is 4.79. The first kappa shape index (κ1) is 17.9. The van der Waals surface area contributed by atoms with Gasteiger partial charge in [0.15, 0.2) is 10.9 Å². The van der Waals surface area contributed by atoms with E-state index in [4.69, 9.17) is 4.42 Å². The number of imidazole rings is 1. The Balaban J connectivity index is 1.40. The maximum absolute atomic E-state index is 12.0. The standard InChI is InChI=1S/C17H19N5O3S/c1-12-18-6-8-22(12)7-3-5-19-15(23)10-13-11-26-17(20-13)21-16(24)14-4-2-9-25-14/h2,4,6,8-9,11H,3,5,7,10H2,1H3,(H,19,23)(H,20,21,24). The molecule has 0 fully saturated rings. The maximum atomic E-state index is 12.0. The van der Waals surface area contributed by atoms with Gasteiger partial charge in [-0.1, -0.05) is 0 Å². The molecule has 2 amide bonds. The molecule has 8 nitrogen and oxygen atoms in total. The molecule has 2 N–H and O–H groups in total. The Bertz CT molecular complexity index is 869. The minimum Gasteiger partial charge on any atom is -0.459 e. The summed E-state index contributed by atoms with van der Waals surface area (Å²) in [6.45, 7) is 3.34. The first-order valence-corrected chi connectivity index (χ1v) is 9.03. The number of hydrogen-bond acceptors (Lipinski definition) is 6. The molecular formula is C17H19N5O3S. The molecule has 0 aliphatic heterocycles. The molecule has 0 bridgehead atoms. The van der Waals surface area contributed by atoms with E-state index in [2.05, 4.69) is 20.6 Å². The molecule has 0 saturated carbocycles. The van der Waals surface area contributed by atoms with E-state index in [9.17, 15) is 9.59 Å². The highest BCUT2D eigenvalue weighted by atomic mass is 32.1. The van der Waals surface area contributed by atoms with E-state index in [0.29, 0.717) is 17.4 Å². The molecule has 0 radical (unpaired) electrons. The van der Waals surface area contributed by atoms with Crippen LogP contribution in [-0.2, 0) is 17.8 Å². The minimum absolute atomic E-state index is 0.0958. The third-order valence-corrected chi connectivity index (χ3v) is 4.49. The van der Waals surface area contributed by atoms with Crippen LogP contribution in [0.4, 0.5) is 5.13 Å². The zero-order valence-electron chi connectivity index (χ0n) is 14.3. The number of thiazole rings is 1. The zero-order chi connectivity index (χ0) is 18.4. The molecule has 0 unspecified atom stereocenters. The van der Waals surface area contributed by atoms with Gasteiger partial charge in [0.2, 0.25) is 5.91 Å². The van der Waals surface area contributed by atoms with Gasteiger partial charge in [-0.3, -0.25) is 14.9 Å². The highest BCUT2D eigenvalue weighted by Crippen LogP contribution is 2.17. The van der Waals surface area contributed by atoms with Crippen LogP contribution in [-0.4, -0.2) is 32.9 Å². The lowest BCUT2D eigenvalue weighted by Gasteiger charge is -2.06. The molecule has 0 aliphatic rings. The van der Waals surface area contributed by atoms with E-state index in [-0.39, 0.29) is 24.0 Å². The van der Waals surface area contributed by atoms with Gasteiger partial charge in [-0.2, -0.15) is 0 Å². The van der Waals surface area contributed by atoms with Crippen LogP contribution in [0.1, 0.15) is 28.5 Å². The van der Waals surface area contributed by atoms with Crippen LogP contribution in [0.15, 0.2) is 40.6 Å². The average Bonchev–Trinajstić information content (AvgIpc) is 3.35. The smallest absolute Gasteiger partial charge is 0.293 e. The second-order valence-corrected chi connectivity index (χ2v) is 6.48. The number of aryl methyl sites for hydroxylation is 2. The van der Waals surface area contributed by atoms with Crippen molar-refractivity contribution >= 4 is 28.3 Å². The summed E-state index contributed by atoms with van der Waals surface area (Å²) < 4.78 is 7.07. The van der Waals surface area contributed by atoms with Crippen LogP contribution in [0.25, 0.3) is 0 Å². The number of aromatic nitrogens is 3. The molecule has 0 saturated heterocycles. The average molecular weight is 373 g/mol. The number of amides is 2. The summed E-state index contributed by atoms with van der Waals surface area (Å²) in [5.41, 5.74) is 0.618. The van der Waals surface area contributed by atoms with E-state index < -0.39 is 0 Å². The lowest BCUT2D eigenvalue weighted by Crippen LogP contribution is -2.27. The SMILES string of the molecule is Cc1nccn1CCCNC(=O)Cc1csc(NC(=O)c2ccco2)n1. The van der Waals surface area contributed by atoms with Crippen LogP contribution in [0.2, 0.25) is 0 Å². The molecule has 3 aromatic heterocycles. The van der Waals surface area contributed by atoms with Gasteiger partial charge in [0, 0.05) is 30.9 Å². The van der Waals surface area contributed by atoms with Crippen LogP contribution in [0.5, 0.6) is 0 Å². The van der Waals surface area contributed by atoms with Gasteiger partial charge in [0.05, 0.1) is 18.4 Å². The second kappa shape index (κ2) is 8.43. The van der Waals surface area contributed by atoms with Crippen LogP contribution >= 0.6 is 11.3 Å². The second-order valence-electron chi connectivity index (χ2n) is 5.62. The van der Waals surface area contributed by atoms with Gasteiger partial charge in [-0.25, -0.2) is 9.97 Å². The van der Waals surface area contributed by atoms with Gasteiger partial charge >= 0.3 is 0 Å². The fourth-order valence-corrected chi connectivity index (χ4v) is 3.06. The van der Waals surface area contributed by atoms with Crippen LogP contribution < -0.4 is 10.6 Å². The molecule has 0 atom stereocenters. The summed E-state index contributed by atoms with van der Waals surface area (Å²) in [6, 6.07) is 3.21. The van der Waals surface area contributed by atoms with Crippen molar-refractivity contribution in [3.63, 3.8) is 0 Å². The third-order valence-electron chi connectivity index (χ3n) is 3.68. The number of hydrogen-bond donors (Lipinski definition) is 2. The molecule has 26 heavy (non-hydrogen) atoms. The van der Waals surface area contributed by atoms with Crippen molar-refractivity contribution in [2.24, 2.45) is 0 Å². The number of rotatable bonds is 8. The Hall–Kier alpha value is -2.94. The molecule has 3 aromatic rings. The summed E-state index contributed by atoms with van der Waals surface area (Å²) in [6.07, 6.45) is 6.12. The first-order valence-electron chi connectivity index (χ1n) is 8.15. The predicted octanol–water partition coefficient (Wildman–Crippen LogP) is 2.24. The van der Waals surface area contributed by atoms with Crippen molar-refractivity contribution in [1.82, 2.24) is 19.9 Å². The monoisotopic (exact) mass is 373 g/mol. The Morgan fingerprint density at radius 2 is 2.27 bits per heavy atom.